The smallest absolute Gasteiger partial charge is 0.144 e. The predicted octanol–water partition coefficient (Wildman–Crippen LogP) is 1.73. The Hall–Kier alpha value is -0.810. The lowest BCUT2D eigenvalue weighted by Gasteiger charge is -2.22. The second-order valence-electron chi connectivity index (χ2n) is 5.18. The fraction of sp³-hybridized carbons (Fsp3) is 0.917. The van der Waals surface area contributed by atoms with Gasteiger partial charge >= 0.3 is 0 Å². The zero-order valence-electron chi connectivity index (χ0n) is 10.8. The molecule has 0 aliphatic carbocycles. The van der Waals surface area contributed by atoms with Crippen LogP contribution in [0.3, 0.4) is 0 Å². The molecule has 0 aromatic rings. The lowest BCUT2D eigenvalue weighted by Crippen LogP contribution is -2.32. The molecule has 3 N–H and O–H groups in total. The van der Waals surface area contributed by atoms with Gasteiger partial charge in [0.2, 0.25) is 0 Å². The molecule has 1 aliphatic rings. The minimum Gasteiger partial charge on any atom is -0.409 e. The number of rotatable bonds is 7. The highest BCUT2D eigenvalue weighted by Gasteiger charge is 2.23. The van der Waals surface area contributed by atoms with Crippen LogP contribution in [0.15, 0.2) is 5.16 Å². The van der Waals surface area contributed by atoms with Gasteiger partial charge in [-0.25, -0.2) is 0 Å². The van der Waals surface area contributed by atoms with Gasteiger partial charge in [-0.05, 0) is 25.7 Å². The van der Waals surface area contributed by atoms with Crippen molar-refractivity contribution in [3.05, 3.63) is 0 Å². The molecule has 1 fully saturated rings. The van der Waals surface area contributed by atoms with E-state index in [9.17, 15) is 0 Å². The third kappa shape index (κ3) is 4.91. The van der Waals surface area contributed by atoms with Gasteiger partial charge in [-0.3, -0.25) is 0 Å². The van der Waals surface area contributed by atoms with E-state index >= 15 is 0 Å². The number of nitrogens with two attached hydrogens (primary N) is 1. The van der Waals surface area contributed by atoms with Crippen molar-refractivity contribution in [2.75, 3.05) is 19.8 Å². The highest BCUT2D eigenvalue weighted by Crippen LogP contribution is 2.22. The molecular weight excluding hydrogens is 220 g/mol. The van der Waals surface area contributed by atoms with Gasteiger partial charge in [-0.2, -0.15) is 0 Å². The lowest BCUT2D eigenvalue weighted by atomic mass is 9.87. The maximum Gasteiger partial charge on any atom is 0.144 e. The lowest BCUT2D eigenvalue weighted by molar-refractivity contribution is 0.0151. The molecule has 0 saturated carbocycles. The summed E-state index contributed by atoms with van der Waals surface area (Å²) in [5.41, 5.74) is 5.33. The minimum atomic E-state index is -0.276. The monoisotopic (exact) mass is 244 g/mol. The summed E-state index contributed by atoms with van der Waals surface area (Å²) in [5.74, 6) is 0.275. The van der Waals surface area contributed by atoms with Crippen molar-refractivity contribution in [2.24, 2.45) is 16.3 Å². The minimum absolute atomic E-state index is 0.275. The first-order valence-corrected chi connectivity index (χ1v) is 6.23. The molecule has 1 aliphatic heterocycles. The number of amidine groups is 1. The first kappa shape index (κ1) is 14.3. The Morgan fingerprint density at radius 1 is 1.59 bits per heavy atom. The molecule has 1 rings (SSSR count). The van der Waals surface area contributed by atoms with Gasteiger partial charge < -0.3 is 20.4 Å². The van der Waals surface area contributed by atoms with Crippen LogP contribution in [0.1, 0.15) is 39.5 Å². The zero-order valence-corrected chi connectivity index (χ0v) is 10.8. The number of oxime groups is 1. The number of nitrogens with zero attached hydrogens (tertiary/aromatic N) is 1. The van der Waals surface area contributed by atoms with Gasteiger partial charge in [0.25, 0.3) is 0 Å². The topological polar surface area (TPSA) is 77.1 Å². The Bertz CT molecular complexity index is 248. The van der Waals surface area contributed by atoms with Crippen LogP contribution in [0.5, 0.6) is 0 Å². The van der Waals surface area contributed by atoms with E-state index in [0.717, 1.165) is 32.3 Å². The van der Waals surface area contributed by atoms with Gasteiger partial charge in [-0.1, -0.05) is 19.0 Å². The SMILES string of the molecule is CC(C)(CCCOCC1CCCO1)C(N)=NO. The Morgan fingerprint density at radius 2 is 2.35 bits per heavy atom. The van der Waals surface area contributed by atoms with E-state index in [0.29, 0.717) is 13.2 Å². The summed E-state index contributed by atoms with van der Waals surface area (Å²) < 4.78 is 11.0. The van der Waals surface area contributed by atoms with Crippen molar-refractivity contribution in [1.82, 2.24) is 0 Å². The van der Waals surface area contributed by atoms with Crippen molar-refractivity contribution < 1.29 is 14.7 Å². The van der Waals surface area contributed by atoms with Gasteiger partial charge in [0.15, 0.2) is 0 Å². The fourth-order valence-electron chi connectivity index (χ4n) is 1.87. The molecule has 0 amide bonds. The Morgan fingerprint density at radius 3 is 2.94 bits per heavy atom. The van der Waals surface area contributed by atoms with Crippen molar-refractivity contribution in [3.8, 4) is 0 Å². The van der Waals surface area contributed by atoms with Gasteiger partial charge in [0.05, 0.1) is 12.7 Å². The predicted molar refractivity (Wildman–Crippen MR) is 66.2 cm³/mol. The van der Waals surface area contributed by atoms with Crippen molar-refractivity contribution in [3.63, 3.8) is 0 Å². The zero-order chi connectivity index (χ0) is 12.7. The number of hydrogen-bond acceptors (Lipinski definition) is 4. The second kappa shape index (κ2) is 6.81. The quantitative estimate of drug-likeness (QED) is 0.235. The summed E-state index contributed by atoms with van der Waals surface area (Å²) in [6, 6.07) is 0. The van der Waals surface area contributed by atoms with E-state index in [-0.39, 0.29) is 17.4 Å². The van der Waals surface area contributed by atoms with E-state index < -0.39 is 0 Å². The normalized spacial score (nSPS) is 22.0. The molecule has 1 saturated heterocycles. The Balaban J connectivity index is 2.07. The van der Waals surface area contributed by atoms with Gasteiger partial charge in [0, 0.05) is 18.6 Å². The molecule has 100 valence electrons. The van der Waals surface area contributed by atoms with E-state index in [2.05, 4.69) is 5.16 Å². The molecule has 0 aromatic carbocycles. The van der Waals surface area contributed by atoms with Crippen LogP contribution in [0.4, 0.5) is 0 Å². The van der Waals surface area contributed by atoms with Crippen LogP contribution < -0.4 is 5.73 Å². The van der Waals surface area contributed by atoms with Crippen LogP contribution in [0.25, 0.3) is 0 Å². The molecule has 1 heterocycles. The Labute approximate surface area is 103 Å². The van der Waals surface area contributed by atoms with Gasteiger partial charge in [-0.15, -0.1) is 0 Å². The third-order valence-corrected chi connectivity index (χ3v) is 3.22. The Kier molecular flexibility index (Phi) is 5.71. The molecule has 5 nitrogen and oxygen atoms in total. The largest absolute Gasteiger partial charge is 0.409 e. The molecule has 0 spiro atoms. The van der Waals surface area contributed by atoms with Crippen molar-refractivity contribution in [1.29, 1.82) is 0 Å². The summed E-state index contributed by atoms with van der Waals surface area (Å²) >= 11 is 0. The highest BCUT2D eigenvalue weighted by atomic mass is 16.5. The molecule has 5 heteroatoms. The maximum absolute atomic E-state index is 8.63. The van der Waals surface area contributed by atoms with E-state index in [1.54, 1.807) is 0 Å². The maximum atomic E-state index is 8.63. The number of hydrogen-bond donors (Lipinski definition) is 2. The molecule has 17 heavy (non-hydrogen) atoms. The summed E-state index contributed by atoms with van der Waals surface area (Å²) in [4.78, 5) is 0. The van der Waals surface area contributed by atoms with Crippen LogP contribution in [0.2, 0.25) is 0 Å². The first-order chi connectivity index (χ1) is 8.06. The van der Waals surface area contributed by atoms with Crippen LogP contribution in [-0.2, 0) is 9.47 Å². The van der Waals surface area contributed by atoms with E-state index in [1.165, 1.54) is 0 Å². The molecule has 0 aromatic heterocycles. The third-order valence-electron chi connectivity index (χ3n) is 3.22. The molecular formula is C12H24N2O3. The van der Waals surface area contributed by atoms with Crippen LogP contribution in [0, 0.1) is 5.41 Å². The molecule has 0 bridgehead atoms. The molecule has 0 radical (unpaired) electrons. The van der Waals surface area contributed by atoms with E-state index in [1.807, 2.05) is 13.8 Å². The van der Waals surface area contributed by atoms with Gasteiger partial charge in [0.1, 0.15) is 5.84 Å². The molecule has 1 unspecified atom stereocenters. The summed E-state index contributed by atoms with van der Waals surface area (Å²) in [6.07, 6.45) is 4.27. The highest BCUT2D eigenvalue weighted by molar-refractivity contribution is 5.85. The summed E-state index contributed by atoms with van der Waals surface area (Å²) in [6.45, 7) is 6.17. The molecule has 1 atom stereocenters. The van der Waals surface area contributed by atoms with Crippen molar-refractivity contribution >= 4 is 5.84 Å². The standard InChI is InChI=1S/C12H24N2O3/c1-12(2,11(13)14-15)6-4-7-16-9-10-5-3-8-17-10/h10,15H,3-9H2,1-2H3,(H2,13,14). The summed E-state index contributed by atoms with van der Waals surface area (Å²) in [5, 5.41) is 11.7. The number of ether oxygens (including phenoxy) is 2. The van der Waals surface area contributed by atoms with Crippen molar-refractivity contribution in [2.45, 2.75) is 45.6 Å². The average molecular weight is 244 g/mol. The fourth-order valence-corrected chi connectivity index (χ4v) is 1.87. The van der Waals surface area contributed by atoms with E-state index in [4.69, 9.17) is 20.4 Å². The summed E-state index contributed by atoms with van der Waals surface area (Å²) in [7, 11) is 0. The van der Waals surface area contributed by atoms with Crippen LogP contribution >= 0.6 is 0 Å². The first-order valence-electron chi connectivity index (χ1n) is 6.23. The van der Waals surface area contributed by atoms with Crippen LogP contribution in [-0.4, -0.2) is 37.0 Å². The second-order valence-corrected chi connectivity index (χ2v) is 5.18. The average Bonchev–Trinajstić information content (AvgIpc) is 2.80.